The Hall–Kier alpha value is -4.39. The van der Waals surface area contributed by atoms with Crippen molar-refractivity contribution in [3.05, 3.63) is 113 Å². The number of amides is 1. The summed E-state index contributed by atoms with van der Waals surface area (Å²) in [5, 5.41) is 13.3. The molecule has 1 atom stereocenters. The van der Waals surface area contributed by atoms with Gasteiger partial charge in [0.1, 0.15) is 18.9 Å². The van der Waals surface area contributed by atoms with Crippen molar-refractivity contribution in [3.8, 4) is 5.75 Å². The van der Waals surface area contributed by atoms with Crippen molar-refractivity contribution >= 4 is 17.6 Å². The van der Waals surface area contributed by atoms with Gasteiger partial charge in [0, 0.05) is 17.4 Å². The molecule has 5 rings (SSSR count). The molecule has 0 spiro atoms. The summed E-state index contributed by atoms with van der Waals surface area (Å²) in [5.41, 5.74) is 6.01. The highest BCUT2D eigenvalue weighted by molar-refractivity contribution is 5.98. The second-order valence-corrected chi connectivity index (χ2v) is 10.7. The zero-order valence-corrected chi connectivity index (χ0v) is 23.0. The maximum atomic E-state index is 14.3. The summed E-state index contributed by atoms with van der Waals surface area (Å²) in [7, 11) is 0. The maximum Gasteiger partial charge on any atom is 0.325 e. The number of aromatic nitrogens is 2. The van der Waals surface area contributed by atoms with Crippen molar-refractivity contribution in [2.75, 3.05) is 4.90 Å². The summed E-state index contributed by atoms with van der Waals surface area (Å²) in [6.45, 7) is 4.84. The molecule has 4 aromatic rings. The van der Waals surface area contributed by atoms with E-state index < -0.39 is 5.97 Å². The van der Waals surface area contributed by atoms with E-state index in [1.54, 1.807) is 12.4 Å². The fraction of sp³-hybridized carbons (Fsp3) is 0.303. The van der Waals surface area contributed by atoms with E-state index in [0.29, 0.717) is 19.1 Å². The van der Waals surface area contributed by atoms with Crippen LogP contribution in [0.3, 0.4) is 0 Å². The van der Waals surface area contributed by atoms with Gasteiger partial charge in [-0.15, -0.1) is 0 Å². The molecule has 0 fully saturated rings. The van der Waals surface area contributed by atoms with E-state index >= 15 is 0 Å². The van der Waals surface area contributed by atoms with Crippen LogP contribution in [0.2, 0.25) is 0 Å². The van der Waals surface area contributed by atoms with Crippen LogP contribution in [-0.2, 0) is 35.7 Å². The molecular formula is C33H35N3O4. The summed E-state index contributed by atoms with van der Waals surface area (Å²) in [6.07, 6.45) is 5.85. The molecule has 7 heteroatoms. The monoisotopic (exact) mass is 537 g/mol. The number of carboxylic acid groups (broad SMARTS) is 1. The highest BCUT2D eigenvalue weighted by Crippen LogP contribution is 2.39. The number of ether oxygens (including phenoxy) is 1. The number of nitrogens with zero attached hydrogens (tertiary/aromatic N) is 3. The Morgan fingerprint density at radius 1 is 1.02 bits per heavy atom. The Morgan fingerprint density at radius 2 is 1.80 bits per heavy atom. The molecule has 1 aliphatic carbocycles. The van der Waals surface area contributed by atoms with E-state index in [2.05, 4.69) is 37.1 Å². The van der Waals surface area contributed by atoms with Gasteiger partial charge >= 0.3 is 5.97 Å². The molecule has 0 radical (unpaired) electrons. The van der Waals surface area contributed by atoms with Gasteiger partial charge < -0.3 is 14.7 Å². The van der Waals surface area contributed by atoms with Crippen molar-refractivity contribution < 1.29 is 19.4 Å². The number of carbonyl (C=O) groups is 2. The number of anilines is 1. The molecule has 0 aliphatic heterocycles. The molecular weight excluding hydrogens is 502 g/mol. The van der Waals surface area contributed by atoms with Crippen molar-refractivity contribution in [3.63, 3.8) is 0 Å². The van der Waals surface area contributed by atoms with Crippen LogP contribution in [0.4, 0.5) is 5.69 Å². The number of hydrogen-bond donors (Lipinski definition) is 1. The van der Waals surface area contributed by atoms with Crippen molar-refractivity contribution in [2.45, 2.75) is 64.6 Å². The number of aliphatic carboxylic acids is 1. The predicted molar refractivity (Wildman–Crippen MR) is 154 cm³/mol. The van der Waals surface area contributed by atoms with Crippen LogP contribution in [0.15, 0.2) is 85.2 Å². The lowest BCUT2D eigenvalue weighted by atomic mass is 9.81. The number of hydrogen-bond acceptors (Lipinski definition) is 4. The van der Waals surface area contributed by atoms with Gasteiger partial charge in [-0.2, -0.15) is 5.10 Å². The van der Waals surface area contributed by atoms with Gasteiger partial charge in [0.05, 0.1) is 18.7 Å². The molecule has 7 nitrogen and oxygen atoms in total. The van der Waals surface area contributed by atoms with E-state index in [4.69, 9.17) is 9.84 Å². The molecule has 1 amide bonds. The molecule has 0 saturated carbocycles. The Labute approximate surface area is 235 Å². The quantitative estimate of drug-likeness (QED) is 0.256. The minimum Gasteiger partial charge on any atom is -0.489 e. The van der Waals surface area contributed by atoms with Gasteiger partial charge in [-0.3, -0.25) is 14.3 Å². The average molecular weight is 538 g/mol. The highest BCUT2D eigenvalue weighted by Gasteiger charge is 2.32. The zero-order valence-electron chi connectivity index (χ0n) is 23.0. The lowest BCUT2D eigenvalue weighted by molar-refractivity contribution is -0.137. The number of benzene rings is 3. The van der Waals surface area contributed by atoms with E-state index in [1.807, 2.05) is 59.5 Å². The fourth-order valence-corrected chi connectivity index (χ4v) is 5.36. The van der Waals surface area contributed by atoms with Gasteiger partial charge in [0.15, 0.2) is 0 Å². The predicted octanol–water partition coefficient (Wildman–Crippen LogP) is 6.32. The van der Waals surface area contributed by atoms with E-state index in [1.165, 1.54) is 10.2 Å². The maximum absolute atomic E-state index is 14.3. The third kappa shape index (κ3) is 6.25. The highest BCUT2D eigenvalue weighted by atomic mass is 16.5. The lowest BCUT2D eigenvalue weighted by Gasteiger charge is -2.32. The SMILES string of the molecule is CC(C)c1ccc(N(Cc2cnn(CC(=O)O)c2)C(=O)C2CCCc3c(OCc4ccccc4)cccc32)cc1. The topological polar surface area (TPSA) is 84.7 Å². The van der Waals surface area contributed by atoms with Crippen LogP contribution in [0.1, 0.15) is 66.3 Å². The number of carbonyl (C=O) groups excluding carboxylic acids is 1. The van der Waals surface area contributed by atoms with Crippen LogP contribution >= 0.6 is 0 Å². The molecule has 206 valence electrons. The first-order valence-corrected chi connectivity index (χ1v) is 13.8. The Bertz CT molecular complexity index is 1460. The summed E-state index contributed by atoms with van der Waals surface area (Å²) in [5.74, 6) is -0.0307. The average Bonchev–Trinajstić information content (AvgIpc) is 3.40. The van der Waals surface area contributed by atoms with Crippen LogP contribution < -0.4 is 9.64 Å². The second-order valence-electron chi connectivity index (χ2n) is 10.7. The summed E-state index contributed by atoms with van der Waals surface area (Å²) in [6, 6.07) is 24.2. The Morgan fingerprint density at radius 3 is 2.52 bits per heavy atom. The normalized spacial score (nSPS) is 14.5. The molecule has 1 N–H and O–H groups in total. The number of carboxylic acids is 1. The zero-order chi connectivity index (χ0) is 28.1. The third-order valence-corrected chi connectivity index (χ3v) is 7.46. The number of fused-ring (bicyclic) bond motifs is 1. The van der Waals surface area contributed by atoms with Gasteiger partial charge in [-0.1, -0.05) is 68.4 Å². The van der Waals surface area contributed by atoms with Gasteiger partial charge in [0.2, 0.25) is 5.91 Å². The van der Waals surface area contributed by atoms with Crippen molar-refractivity contribution in [1.29, 1.82) is 0 Å². The van der Waals surface area contributed by atoms with Gasteiger partial charge in [-0.05, 0) is 65.6 Å². The lowest BCUT2D eigenvalue weighted by Crippen LogP contribution is -2.36. The first kappa shape index (κ1) is 27.2. The Kier molecular flexibility index (Phi) is 8.29. The minimum absolute atomic E-state index is 0.0180. The van der Waals surface area contributed by atoms with E-state index in [9.17, 15) is 9.59 Å². The first-order chi connectivity index (χ1) is 19.4. The van der Waals surface area contributed by atoms with E-state index in [0.717, 1.165) is 53.0 Å². The molecule has 0 saturated heterocycles. The summed E-state index contributed by atoms with van der Waals surface area (Å²) >= 11 is 0. The van der Waals surface area contributed by atoms with Crippen LogP contribution in [0, 0.1) is 0 Å². The van der Waals surface area contributed by atoms with Crippen LogP contribution in [-0.4, -0.2) is 26.8 Å². The minimum atomic E-state index is -0.962. The Balaban J connectivity index is 1.44. The molecule has 1 unspecified atom stereocenters. The largest absolute Gasteiger partial charge is 0.489 e. The fourth-order valence-electron chi connectivity index (χ4n) is 5.36. The van der Waals surface area contributed by atoms with Crippen LogP contribution in [0.25, 0.3) is 0 Å². The smallest absolute Gasteiger partial charge is 0.325 e. The number of rotatable bonds is 10. The van der Waals surface area contributed by atoms with Crippen molar-refractivity contribution in [1.82, 2.24) is 9.78 Å². The van der Waals surface area contributed by atoms with Crippen LogP contribution in [0.5, 0.6) is 5.75 Å². The molecule has 0 bridgehead atoms. The molecule has 1 aliphatic rings. The second kappa shape index (κ2) is 12.2. The van der Waals surface area contributed by atoms with Gasteiger partial charge in [0.25, 0.3) is 0 Å². The molecule has 1 aromatic heterocycles. The summed E-state index contributed by atoms with van der Waals surface area (Å²) < 4.78 is 7.63. The molecule has 40 heavy (non-hydrogen) atoms. The molecule has 1 heterocycles. The first-order valence-electron chi connectivity index (χ1n) is 13.8. The molecule has 3 aromatic carbocycles. The van der Waals surface area contributed by atoms with E-state index in [-0.39, 0.29) is 18.4 Å². The van der Waals surface area contributed by atoms with Crippen molar-refractivity contribution in [2.24, 2.45) is 0 Å². The summed E-state index contributed by atoms with van der Waals surface area (Å²) in [4.78, 5) is 27.3. The third-order valence-electron chi connectivity index (χ3n) is 7.46. The standard InChI is InChI=1S/C33H35N3O4/c1-23(2)26-14-16-27(17-15-26)36(20-25-18-34-35(19-25)21-32(37)38)33(39)30-12-6-11-29-28(30)10-7-13-31(29)40-22-24-8-4-3-5-9-24/h3-5,7-10,13-19,23,30H,6,11-12,20-22H2,1-2H3,(H,37,38). The van der Waals surface area contributed by atoms with Gasteiger partial charge in [-0.25, -0.2) is 0 Å².